The molecule has 0 aliphatic heterocycles. The van der Waals surface area contributed by atoms with Crippen LogP contribution in [0.25, 0.3) is 0 Å². The molecule has 0 fully saturated rings. The van der Waals surface area contributed by atoms with E-state index in [1.807, 2.05) is 0 Å². The maximum Gasteiger partial charge on any atom is 0.256 e. The van der Waals surface area contributed by atoms with Crippen LogP contribution in [0.5, 0.6) is 5.75 Å². The summed E-state index contributed by atoms with van der Waals surface area (Å²) in [5.41, 5.74) is -0.301. The Hall–Kier alpha value is -2.14. The van der Waals surface area contributed by atoms with E-state index in [4.69, 9.17) is 16.3 Å². The average molecular weight is 326 g/mol. The Labute approximate surface area is 132 Å². The van der Waals surface area contributed by atoms with Gasteiger partial charge in [0.25, 0.3) is 5.91 Å². The summed E-state index contributed by atoms with van der Waals surface area (Å²) in [5.74, 6) is -1.45. The van der Waals surface area contributed by atoms with E-state index < -0.39 is 17.5 Å². The average Bonchev–Trinajstić information content (AvgIpc) is 2.49. The van der Waals surface area contributed by atoms with E-state index in [0.717, 1.165) is 18.2 Å². The summed E-state index contributed by atoms with van der Waals surface area (Å²) in [6, 6.07) is 9.63. The van der Waals surface area contributed by atoms with E-state index in [2.05, 4.69) is 0 Å². The Morgan fingerprint density at radius 2 is 2.00 bits per heavy atom. The first kappa shape index (κ1) is 16.2. The van der Waals surface area contributed by atoms with E-state index in [1.165, 1.54) is 11.9 Å². The van der Waals surface area contributed by atoms with E-state index in [1.54, 1.807) is 24.3 Å². The van der Waals surface area contributed by atoms with Crippen molar-refractivity contribution in [1.29, 1.82) is 0 Å². The second kappa shape index (κ2) is 7.22. The van der Waals surface area contributed by atoms with Crippen LogP contribution in [0.2, 0.25) is 5.02 Å². The molecule has 1 amide bonds. The molecule has 0 aliphatic carbocycles. The number of hydrogen-bond acceptors (Lipinski definition) is 2. The fourth-order valence-electron chi connectivity index (χ4n) is 1.83. The van der Waals surface area contributed by atoms with Crippen molar-refractivity contribution >= 4 is 17.5 Å². The minimum Gasteiger partial charge on any atom is -0.492 e. The molecule has 6 heteroatoms. The van der Waals surface area contributed by atoms with Gasteiger partial charge in [0.05, 0.1) is 12.1 Å². The van der Waals surface area contributed by atoms with E-state index in [9.17, 15) is 13.6 Å². The van der Waals surface area contributed by atoms with Gasteiger partial charge in [-0.2, -0.15) is 0 Å². The summed E-state index contributed by atoms with van der Waals surface area (Å²) in [6.45, 7) is 0.431. The number of likely N-dealkylation sites (N-methyl/N-ethyl adjacent to an activating group) is 1. The molecule has 22 heavy (non-hydrogen) atoms. The summed E-state index contributed by atoms with van der Waals surface area (Å²) >= 11 is 5.83. The Balaban J connectivity index is 1.93. The molecule has 2 rings (SSSR count). The third-order valence-electron chi connectivity index (χ3n) is 3.00. The first-order valence-corrected chi connectivity index (χ1v) is 6.94. The predicted molar refractivity (Wildman–Crippen MR) is 80.3 cm³/mol. The monoisotopic (exact) mass is 325 g/mol. The van der Waals surface area contributed by atoms with Crippen LogP contribution in [0.4, 0.5) is 8.78 Å². The number of nitrogens with zero attached hydrogens (tertiary/aromatic N) is 1. The number of halogens is 3. The fraction of sp³-hybridized carbons (Fsp3) is 0.188. The maximum absolute atomic E-state index is 13.6. The lowest BCUT2D eigenvalue weighted by atomic mass is 10.2. The molecule has 2 aromatic carbocycles. The Bertz CT molecular complexity index is 679. The van der Waals surface area contributed by atoms with Gasteiger partial charge in [-0.25, -0.2) is 8.78 Å². The van der Waals surface area contributed by atoms with Crippen molar-refractivity contribution in [2.24, 2.45) is 0 Å². The zero-order valence-corrected chi connectivity index (χ0v) is 12.6. The van der Waals surface area contributed by atoms with Crippen LogP contribution in [0.3, 0.4) is 0 Å². The quantitative estimate of drug-likeness (QED) is 0.837. The highest BCUT2D eigenvalue weighted by Gasteiger charge is 2.17. The van der Waals surface area contributed by atoms with Crippen LogP contribution < -0.4 is 4.74 Å². The van der Waals surface area contributed by atoms with Gasteiger partial charge >= 0.3 is 0 Å². The van der Waals surface area contributed by atoms with Gasteiger partial charge in [0, 0.05) is 12.1 Å². The lowest BCUT2D eigenvalue weighted by Gasteiger charge is -2.18. The molecule has 0 saturated carbocycles. The molecule has 3 nitrogen and oxygen atoms in total. The summed E-state index contributed by atoms with van der Waals surface area (Å²) in [6.07, 6.45) is 0. The molecule has 0 spiro atoms. The normalized spacial score (nSPS) is 10.4. The molecular formula is C16H14ClF2NO2. The molecule has 0 bridgehead atoms. The highest BCUT2D eigenvalue weighted by Crippen LogP contribution is 2.17. The SMILES string of the molecule is CN(CCOc1cccc(Cl)c1)C(=O)c1cc(F)ccc1F. The molecule has 0 heterocycles. The van der Waals surface area contributed by atoms with Crippen LogP contribution >= 0.6 is 11.6 Å². The van der Waals surface area contributed by atoms with Crippen molar-refractivity contribution < 1.29 is 18.3 Å². The molecule has 0 unspecified atom stereocenters. The number of amides is 1. The largest absolute Gasteiger partial charge is 0.492 e. The van der Waals surface area contributed by atoms with E-state index in [0.29, 0.717) is 10.8 Å². The molecule has 0 aromatic heterocycles. The van der Waals surface area contributed by atoms with Crippen LogP contribution in [0.15, 0.2) is 42.5 Å². The number of ether oxygens (including phenoxy) is 1. The Morgan fingerprint density at radius 1 is 1.23 bits per heavy atom. The van der Waals surface area contributed by atoms with Crippen molar-refractivity contribution in [3.05, 3.63) is 64.7 Å². The number of rotatable bonds is 5. The molecule has 0 atom stereocenters. The van der Waals surface area contributed by atoms with Gasteiger partial charge in [-0.05, 0) is 36.4 Å². The number of benzene rings is 2. The second-order valence-corrected chi connectivity index (χ2v) is 5.09. The van der Waals surface area contributed by atoms with Gasteiger partial charge < -0.3 is 9.64 Å². The van der Waals surface area contributed by atoms with Crippen LogP contribution in [0, 0.1) is 11.6 Å². The van der Waals surface area contributed by atoms with Gasteiger partial charge in [0.2, 0.25) is 0 Å². The first-order valence-electron chi connectivity index (χ1n) is 6.56. The molecule has 0 radical (unpaired) electrons. The lowest BCUT2D eigenvalue weighted by Crippen LogP contribution is -2.31. The van der Waals surface area contributed by atoms with Gasteiger partial charge in [0.1, 0.15) is 24.0 Å². The number of carbonyl (C=O) groups excluding carboxylic acids is 1. The van der Waals surface area contributed by atoms with Crippen molar-refractivity contribution in [3.8, 4) is 5.75 Å². The standard InChI is InChI=1S/C16H14ClF2NO2/c1-20(7-8-22-13-4-2-3-11(17)9-13)16(21)14-10-12(18)5-6-15(14)19/h2-6,9-10H,7-8H2,1H3. The summed E-state index contributed by atoms with van der Waals surface area (Å²) in [4.78, 5) is 13.3. The summed E-state index contributed by atoms with van der Waals surface area (Å²) in [7, 11) is 1.49. The zero-order chi connectivity index (χ0) is 16.1. The van der Waals surface area contributed by atoms with Crippen molar-refractivity contribution in [2.75, 3.05) is 20.2 Å². The van der Waals surface area contributed by atoms with Crippen LogP contribution in [-0.2, 0) is 0 Å². The smallest absolute Gasteiger partial charge is 0.256 e. The van der Waals surface area contributed by atoms with Gasteiger partial charge in [-0.3, -0.25) is 4.79 Å². The number of hydrogen-bond donors (Lipinski definition) is 0. The van der Waals surface area contributed by atoms with Gasteiger partial charge in [-0.1, -0.05) is 17.7 Å². The molecular weight excluding hydrogens is 312 g/mol. The minimum absolute atomic E-state index is 0.208. The summed E-state index contributed by atoms with van der Waals surface area (Å²) in [5, 5.41) is 0.545. The minimum atomic E-state index is -0.756. The first-order chi connectivity index (χ1) is 10.5. The fourth-order valence-corrected chi connectivity index (χ4v) is 2.01. The molecule has 0 N–H and O–H groups in total. The number of carbonyl (C=O) groups is 1. The molecule has 0 saturated heterocycles. The zero-order valence-electron chi connectivity index (χ0n) is 11.9. The third-order valence-corrected chi connectivity index (χ3v) is 3.23. The maximum atomic E-state index is 13.6. The molecule has 2 aromatic rings. The van der Waals surface area contributed by atoms with E-state index in [-0.39, 0.29) is 18.7 Å². The summed E-state index contributed by atoms with van der Waals surface area (Å²) < 4.78 is 32.1. The van der Waals surface area contributed by atoms with Crippen molar-refractivity contribution in [3.63, 3.8) is 0 Å². The Kier molecular flexibility index (Phi) is 5.33. The van der Waals surface area contributed by atoms with E-state index >= 15 is 0 Å². The Morgan fingerprint density at radius 3 is 2.73 bits per heavy atom. The van der Waals surface area contributed by atoms with Crippen molar-refractivity contribution in [1.82, 2.24) is 4.90 Å². The molecule has 0 aliphatic rings. The highest BCUT2D eigenvalue weighted by atomic mass is 35.5. The van der Waals surface area contributed by atoms with Gasteiger partial charge in [-0.15, -0.1) is 0 Å². The molecule has 116 valence electrons. The second-order valence-electron chi connectivity index (χ2n) is 4.66. The van der Waals surface area contributed by atoms with Crippen molar-refractivity contribution in [2.45, 2.75) is 0 Å². The van der Waals surface area contributed by atoms with Crippen LogP contribution in [0.1, 0.15) is 10.4 Å². The lowest BCUT2D eigenvalue weighted by molar-refractivity contribution is 0.0768. The topological polar surface area (TPSA) is 29.5 Å². The highest BCUT2D eigenvalue weighted by molar-refractivity contribution is 6.30. The third kappa shape index (κ3) is 4.18. The predicted octanol–water partition coefficient (Wildman–Crippen LogP) is 3.77. The van der Waals surface area contributed by atoms with Crippen LogP contribution in [-0.4, -0.2) is 31.0 Å². The van der Waals surface area contributed by atoms with Gasteiger partial charge in [0.15, 0.2) is 0 Å².